The molecule has 0 N–H and O–H groups in total. The van der Waals surface area contributed by atoms with Crippen molar-refractivity contribution < 1.29 is 0 Å². The Kier molecular flexibility index (Phi) is 5.63. The molecule has 0 atom stereocenters. The first kappa shape index (κ1) is 20.7. The minimum absolute atomic E-state index is 0.301. The van der Waals surface area contributed by atoms with Crippen LogP contribution in [0.3, 0.4) is 0 Å². The van der Waals surface area contributed by atoms with E-state index >= 15 is 0 Å². The summed E-state index contributed by atoms with van der Waals surface area (Å²) in [6.45, 7) is 6.94. The van der Waals surface area contributed by atoms with Crippen LogP contribution in [-0.2, 0) is 6.42 Å². The van der Waals surface area contributed by atoms with Crippen LogP contribution in [-0.4, -0.2) is 4.98 Å². The molecule has 0 bridgehead atoms. The molecule has 1 heteroatoms. The van der Waals surface area contributed by atoms with Crippen molar-refractivity contribution in [2.75, 3.05) is 0 Å². The topological polar surface area (TPSA) is 12.9 Å². The van der Waals surface area contributed by atoms with Crippen LogP contribution in [0.5, 0.6) is 0 Å². The zero-order chi connectivity index (χ0) is 21.4. The molecule has 0 amide bonds. The molecule has 0 saturated heterocycles. The number of pyridine rings is 1. The van der Waals surface area contributed by atoms with E-state index in [4.69, 9.17) is 4.98 Å². The maximum atomic E-state index is 4.92. The Balaban J connectivity index is 1.59. The summed E-state index contributed by atoms with van der Waals surface area (Å²) >= 11 is 0. The summed E-state index contributed by atoms with van der Waals surface area (Å²) in [4.78, 5) is 4.92. The lowest BCUT2D eigenvalue weighted by Crippen LogP contribution is -2.08. The van der Waals surface area contributed by atoms with Crippen LogP contribution in [0.15, 0.2) is 48.7 Å². The van der Waals surface area contributed by atoms with E-state index in [2.05, 4.69) is 63.2 Å². The molecule has 3 aromatic rings. The lowest BCUT2D eigenvalue weighted by atomic mass is 9.86. The van der Waals surface area contributed by atoms with Gasteiger partial charge in [-0.05, 0) is 89.6 Å². The first-order chi connectivity index (χ1) is 15.0. The highest BCUT2D eigenvalue weighted by molar-refractivity contribution is 5.95. The van der Waals surface area contributed by atoms with Crippen molar-refractivity contribution in [3.05, 3.63) is 65.4 Å². The highest BCUT2D eigenvalue weighted by Crippen LogP contribution is 2.41. The zero-order valence-corrected chi connectivity index (χ0v) is 19.6. The van der Waals surface area contributed by atoms with Crippen LogP contribution in [0.2, 0.25) is 0 Å². The summed E-state index contributed by atoms with van der Waals surface area (Å²) in [5, 5.41) is 2.61. The number of aromatic nitrogens is 1. The highest BCUT2D eigenvalue weighted by Gasteiger charge is 2.23. The van der Waals surface area contributed by atoms with Gasteiger partial charge in [0.15, 0.2) is 0 Å². The molecule has 2 aliphatic rings. The van der Waals surface area contributed by atoms with Gasteiger partial charge in [-0.3, -0.25) is 4.98 Å². The van der Waals surface area contributed by atoms with Crippen molar-refractivity contribution in [2.45, 2.75) is 90.4 Å². The molecule has 0 unspecified atom stereocenters. The van der Waals surface area contributed by atoms with Gasteiger partial charge in [-0.2, -0.15) is 0 Å². The standard InChI is InChI=1S/C30H37N/c1-30(2,3)20-21-12-13-28-24(16-21)14-15-31-29(28)27-18-25(22-8-4-5-9-22)17-26(19-27)23-10-6-7-11-23/h12-19,22-23H,4-11,20H2,1-3H3. The van der Waals surface area contributed by atoms with Gasteiger partial charge in [-0.25, -0.2) is 0 Å². The Morgan fingerprint density at radius 3 is 1.97 bits per heavy atom. The van der Waals surface area contributed by atoms with Crippen molar-refractivity contribution in [3.8, 4) is 11.3 Å². The monoisotopic (exact) mass is 411 g/mol. The van der Waals surface area contributed by atoms with Crippen LogP contribution in [0.4, 0.5) is 0 Å². The summed E-state index contributed by atoms with van der Waals surface area (Å²) in [7, 11) is 0. The molecule has 0 aliphatic heterocycles. The highest BCUT2D eigenvalue weighted by atomic mass is 14.7. The molecule has 2 aliphatic carbocycles. The van der Waals surface area contributed by atoms with Gasteiger partial charge < -0.3 is 0 Å². The predicted molar refractivity (Wildman–Crippen MR) is 133 cm³/mol. The van der Waals surface area contributed by atoms with Gasteiger partial charge in [-0.1, -0.05) is 70.7 Å². The van der Waals surface area contributed by atoms with E-state index in [0.717, 1.165) is 18.3 Å². The van der Waals surface area contributed by atoms with Gasteiger partial charge >= 0.3 is 0 Å². The molecule has 0 spiro atoms. The molecular weight excluding hydrogens is 374 g/mol. The second-order valence-electron chi connectivity index (χ2n) is 11.3. The second-order valence-corrected chi connectivity index (χ2v) is 11.3. The Morgan fingerprint density at radius 1 is 0.774 bits per heavy atom. The predicted octanol–water partition coefficient (Wildman–Crippen LogP) is 8.81. The summed E-state index contributed by atoms with van der Waals surface area (Å²) in [5.74, 6) is 1.49. The Labute approximate surface area is 188 Å². The summed E-state index contributed by atoms with van der Waals surface area (Å²) in [6.07, 6.45) is 14.1. The molecule has 1 nitrogen and oxygen atoms in total. The number of nitrogens with zero attached hydrogens (tertiary/aromatic N) is 1. The summed E-state index contributed by atoms with van der Waals surface area (Å²) < 4.78 is 0. The third kappa shape index (κ3) is 4.56. The van der Waals surface area contributed by atoms with E-state index in [1.54, 1.807) is 11.1 Å². The van der Waals surface area contributed by atoms with Crippen molar-refractivity contribution in [3.63, 3.8) is 0 Å². The number of hydrogen-bond acceptors (Lipinski definition) is 1. The molecule has 1 heterocycles. The van der Waals surface area contributed by atoms with Crippen molar-refractivity contribution in [1.29, 1.82) is 0 Å². The number of hydrogen-bond donors (Lipinski definition) is 0. The number of rotatable bonds is 4. The normalized spacial score (nSPS) is 18.3. The van der Waals surface area contributed by atoms with Gasteiger partial charge in [0, 0.05) is 17.1 Å². The Morgan fingerprint density at radius 2 is 1.39 bits per heavy atom. The largest absolute Gasteiger partial charge is 0.256 e. The van der Waals surface area contributed by atoms with Gasteiger partial charge in [0.2, 0.25) is 0 Å². The summed E-state index contributed by atoms with van der Waals surface area (Å²) in [5.41, 5.74) is 7.36. The molecule has 2 fully saturated rings. The minimum atomic E-state index is 0.301. The van der Waals surface area contributed by atoms with E-state index < -0.39 is 0 Å². The molecule has 2 aromatic carbocycles. The van der Waals surface area contributed by atoms with Gasteiger partial charge in [0.1, 0.15) is 0 Å². The van der Waals surface area contributed by atoms with E-state index in [0.29, 0.717) is 5.41 Å². The quantitative estimate of drug-likeness (QED) is 0.418. The van der Waals surface area contributed by atoms with Crippen LogP contribution >= 0.6 is 0 Å². The minimum Gasteiger partial charge on any atom is -0.256 e. The second kappa shape index (κ2) is 8.41. The average Bonchev–Trinajstić information content (AvgIpc) is 3.46. The number of benzene rings is 2. The molecule has 0 radical (unpaired) electrons. The van der Waals surface area contributed by atoms with Crippen LogP contribution in [0.1, 0.15) is 101 Å². The first-order valence-corrected chi connectivity index (χ1v) is 12.5. The molecule has 2 saturated carbocycles. The number of fused-ring (bicyclic) bond motifs is 1. The van der Waals surface area contributed by atoms with Crippen molar-refractivity contribution in [2.24, 2.45) is 5.41 Å². The van der Waals surface area contributed by atoms with Crippen LogP contribution in [0.25, 0.3) is 22.0 Å². The van der Waals surface area contributed by atoms with E-state index in [1.165, 1.54) is 79.0 Å². The molecular formula is C30H37N. The maximum absolute atomic E-state index is 4.92. The molecule has 31 heavy (non-hydrogen) atoms. The fraction of sp³-hybridized carbons (Fsp3) is 0.500. The average molecular weight is 412 g/mol. The molecule has 1 aromatic heterocycles. The third-order valence-electron chi connectivity index (χ3n) is 7.47. The lowest BCUT2D eigenvalue weighted by Gasteiger charge is -2.19. The Bertz CT molecular complexity index is 1030. The van der Waals surface area contributed by atoms with Crippen LogP contribution in [0, 0.1) is 5.41 Å². The van der Waals surface area contributed by atoms with Crippen LogP contribution < -0.4 is 0 Å². The van der Waals surface area contributed by atoms with Crippen molar-refractivity contribution >= 4 is 10.8 Å². The summed E-state index contributed by atoms with van der Waals surface area (Å²) in [6, 6.07) is 16.7. The fourth-order valence-electron chi connectivity index (χ4n) is 5.98. The third-order valence-corrected chi connectivity index (χ3v) is 7.47. The Hall–Kier alpha value is -2.15. The first-order valence-electron chi connectivity index (χ1n) is 12.5. The van der Waals surface area contributed by atoms with Gasteiger partial charge in [0.05, 0.1) is 5.69 Å². The van der Waals surface area contributed by atoms with Gasteiger partial charge in [0.25, 0.3) is 0 Å². The van der Waals surface area contributed by atoms with E-state index in [9.17, 15) is 0 Å². The SMILES string of the molecule is CC(C)(C)Cc1ccc2c(-c3cc(C4CCCC4)cc(C4CCCC4)c3)nccc2c1. The molecule has 162 valence electrons. The van der Waals surface area contributed by atoms with E-state index in [1.807, 2.05) is 6.20 Å². The lowest BCUT2D eigenvalue weighted by molar-refractivity contribution is 0.411. The zero-order valence-electron chi connectivity index (χ0n) is 19.6. The maximum Gasteiger partial charge on any atom is 0.0780 e. The fourth-order valence-corrected chi connectivity index (χ4v) is 5.98. The van der Waals surface area contributed by atoms with Gasteiger partial charge in [-0.15, -0.1) is 0 Å². The van der Waals surface area contributed by atoms with E-state index in [-0.39, 0.29) is 0 Å². The smallest absolute Gasteiger partial charge is 0.0780 e. The van der Waals surface area contributed by atoms with Crippen molar-refractivity contribution in [1.82, 2.24) is 4.98 Å². The molecule has 5 rings (SSSR count).